The van der Waals surface area contributed by atoms with E-state index < -0.39 is 0 Å². The van der Waals surface area contributed by atoms with Gasteiger partial charge in [-0.1, -0.05) is 18.2 Å². The van der Waals surface area contributed by atoms with E-state index in [1.54, 1.807) is 6.08 Å². The normalized spacial score (nSPS) is 9.30. The highest BCUT2D eigenvalue weighted by Gasteiger charge is 1.94. The van der Waals surface area contributed by atoms with Gasteiger partial charge in [0.2, 0.25) is 0 Å². The first-order valence-corrected chi connectivity index (χ1v) is 3.27. The summed E-state index contributed by atoms with van der Waals surface area (Å²) in [6.45, 7) is 14.5. The molecule has 0 unspecified atom stereocenters. The van der Waals surface area contributed by atoms with Crippen LogP contribution in [0, 0.1) is 6.54 Å². The molecule has 0 aromatic rings. The Hall–Kier alpha value is -0.820. The molecule has 55 valence electrons. The third-order valence-electron chi connectivity index (χ3n) is 1.04. The van der Waals surface area contributed by atoms with E-state index in [-0.39, 0.29) is 0 Å². The first-order valence-electron chi connectivity index (χ1n) is 3.27. The van der Waals surface area contributed by atoms with Crippen LogP contribution in [0.15, 0.2) is 38.0 Å². The molecule has 0 saturated carbocycles. The van der Waals surface area contributed by atoms with Gasteiger partial charge in [-0.2, -0.15) is 0 Å². The fourth-order valence-electron chi connectivity index (χ4n) is 0.677. The van der Waals surface area contributed by atoms with E-state index in [4.69, 9.17) is 0 Å². The summed E-state index contributed by atoms with van der Waals surface area (Å²) in [6, 6.07) is 0. The van der Waals surface area contributed by atoms with Crippen LogP contribution in [0.5, 0.6) is 0 Å². The molecule has 0 N–H and O–H groups in total. The van der Waals surface area contributed by atoms with Crippen LogP contribution in [0.1, 0.15) is 0 Å². The average molecular weight is 140 g/mol. The molecule has 0 aliphatic heterocycles. The van der Waals surface area contributed by atoms with Crippen LogP contribution in [0.2, 0.25) is 0 Å². The largest absolute Gasteiger partial charge is 0.288 e. The van der Waals surface area contributed by atoms with Gasteiger partial charge in [0.15, 0.2) is 0 Å². The fourth-order valence-corrected chi connectivity index (χ4v) is 0.677. The molecule has 0 heterocycles. The van der Waals surface area contributed by atoms with Crippen molar-refractivity contribution in [2.24, 2.45) is 0 Å². The quantitative estimate of drug-likeness (QED) is 0.510. The van der Waals surface area contributed by atoms with Crippen LogP contribution in [0.4, 0.5) is 0 Å². The fraction of sp³-hybridized carbons (Fsp3) is 0.222. The van der Waals surface area contributed by atoms with E-state index in [2.05, 4.69) is 24.6 Å². The van der Waals surface area contributed by atoms with Gasteiger partial charge in [0.1, 0.15) is 0 Å². The van der Waals surface area contributed by atoms with Crippen molar-refractivity contribution in [1.82, 2.24) is 4.90 Å². The lowest BCUT2D eigenvalue weighted by molar-refractivity contribution is 0.428. The molecule has 1 heteroatoms. The predicted octanol–water partition coefficient (Wildman–Crippen LogP) is 2.01. The highest BCUT2D eigenvalue weighted by atomic mass is 15.7. The highest BCUT2D eigenvalue weighted by Crippen LogP contribution is 1.93. The van der Waals surface area contributed by atoms with Crippen LogP contribution in [0.25, 0.3) is 0 Å². The molecular weight excluding hydrogens is 126 g/mol. The third-order valence-corrected chi connectivity index (χ3v) is 1.04. The van der Waals surface area contributed by atoms with Gasteiger partial charge in [0.25, 0.3) is 0 Å². The lowest BCUT2D eigenvalue weighted by Crippen LogP contribution is -2.19. The Kier molecular flexibility index (Phi) is 5.79. The zero-order chi connectivity index (χ0) is 7.82. The van der Waals surface area contributed by atoms with Crippen molar-refractivity contribution in [1.29, 1.82) is 0 Å². The van der Waals surface area contributed by atoms with Crippen molar-refractivity contribution in [3.05, 3.63) is 44.5 Å². The molecule has 1 radical (unpaired) electrons. The van der Waals surface area contributed by atoms with Gasteiger partial charge in [-0.15, -0.1) is 19.7 Å². The number of hydrogen-bond donors (Lipinski definition) is 0. The molecule has 0 aliphatic rings. The van der Waals surface area contributed by atoms with E-state index in [9.17, 15) is 0 Å². The maximum atomic E-state index is 3.63. The predicted molar refractivity (Wildman–Crippen MR) is 46.5 cm³/mol. The second-order valence-corrected chi connectivity index (χ2v) is 1.92. The minimum Gasteiger partial charge on any atom is -0.288 e. The molecule has 1 nitrogen and oxygen atoms in total. The summed E-state index contributed by atoms with van der Waals surface area (Å²) in [5.41, 5.74) is 0. The Morgan fingerprint density at radius 1 is 1.00 bits per heavy atom. The molecule has 0 bridgehead atoms. The number of rotatable bonds is 6. The van der Waals surface area contributed by atoms with Gasteiger partial charge in [-0.05, 0) is 0 Å². The Bertz CT molecular complexity index is 92.1. The summed E-state index contributed by atoms with van der Waals surface area (Å²) in [7, 11) is 0. The van der Waals surface area contributed by atoms with Gasteiger partial charge >= 0.3 is 0 Å². The van der Waals surface area contributed by atoms with E-state index >= 15 is 0 Å². The third kappa shape index (κ3) is 4.10. The molecule has 0 amide bonds. The molecule has 0 fully saturated rings. The summed E-state index contributed by atoms with van der Waals surface area (Å²) in [4.78, 5) is 2.06. The topological polar surface area (TPSA) is 3.24 Å². The molecule has 0 aromatic heterocycles. The van der Waals surface area contributed by atoms with Crippen molar-refractivity contribution in [2.45, 2.75) is 0 Å². The maximum absolute atomic E-state index is 3.63. The van der Waals surface area contributed by atoms with Crippen LogP contribution in [0.3, 0.4) is 0 Å². The molecular formula is C9H14N. The number of nitrogens with zero attached hydrogens (tertiary/aromatic N) is 1. The molecule has 10 heavy (non-hydrogen) atoms. The Morgan fingerprint density at radius 3 is 1.80 bits per heavy atom. The van der Waals surface area contributed by atoms with E-state index in [0.717, 1.165) is 13.1 Å². The smallest absolute Gasteiger partial charge is 0.0474 e. The molecule has 0 saturated heterocycles. The Labute approximate surface area is 63.3 Å². The van der Waals surface area contributed by atoms with Crippen molar-refractivity contribution < 1.29 is 0 Å². The lowest BCUT2D eigenvalue weighted by Gasteiger charge is -2.14. The summed E-state index contributed by atoms with van der Waals surface area (Å²) in [5, 5.41) is 0. The first kappa shape index (κ1) is 9.18. The zero-order valence-electron chi connectivity index (χ0n) is 6.29. The van der Waals surface area contributed by atoms with E-state index in [1.165, 1.54) is 0 Å². The molecule has 0 spiro atoms. The SMILES string of the molecule is C=C[CH]N([14CH2]C=C)[14CH2]C=C. The van der Waals surface area contributed by atoms with E-state index in [1.807, 2.05) is 18.7 Å². The molecule has 0 rings (SSSR count). The standard InChI is InChI=1S/C9H14N/c1-4-7-10(8-5-2)9-6-3/h4-7H,1-3,8-9H2/i8+2,9+2. The van der Waals surface area contributed by atoms with Crippen LogP contribution < -0.4 is 0 Å². The van der Waals surface area contributed by atoms with Gasteiger partial charge in [-0.3, -0.25) is 4.90 Å². The van der Waals surface area contributed by atoms with Gasteiger partial charge in [0.05, 0.1) is 0 Å². The van der Waals surface area contributed by atoms with Crippen molar-refractivity contribution in [3.63, 3.8) is 0 Å². The lowest BCUT2D eigenvalue weighted by atomic mass is 10.6. The second kappa shape index (κ2) is 6.30. The Morgan fingerprint density at radius 2 is 1.50 bits per heavy atom. The molecule has 0 aromatic carbocycles. The maximum Gasteiger partial charge on any atom is 0.0474 e. The van der Waals surface area contributed by atoms with Crippen LogP contribution in [-0.2, 0) is 0 Å². The molecule has 0 aliphatic carbocycles. The number of hydrogen-bond acceptors (Lipinski definition) is 1. The summed E-state index contributed by atoms with van der Waals surface area (Å²) >= 11 is 0. The van der Waals surface area contributed by atoms with Gasteiger partial charge in [0, 0.05) is 19.6 Å². The van der Waals surface area contributed by atoms with E-state index in [0.29, 0.717) is 0 Å². The monoisotopic (exact) mass is 140 g/mol. The highest BCUT2D eigenvalue weighted by molar-refractivity contribution is 4.92. The minimum absolute atomic E-state index is 0.845. The summed E-state index contributed by atoms with van der Waals surface area (Å²) in [6.07, 6.45) is 5.46. The minimum atomic E-state index is 0.845. The van der Waals surface area contributed by atoms with Crippen molar-refractivity contribution in [2.75, 3.05) is 13.1 Å². The molecule has 0 atom stereocenters. The second-order valence-electron chi connectivity index (χ2n) is 1.92. The summed E-state index contributed by atoms with van der Waals surface area (Å²) in [5.74, 6) is 0. The zero-order valence-corrected chi connectivity index (χ0v) is 6.29. The van der Waals surface area contributed by atoms with Gasteiger partial charge < -0.3 is 0 Å². The van der Waals surface area contributed by atoms with Crippen molar-refractivity contribution in [3.8, 4) is 0 Å². The van der Waals surface area contributed by atoms with Gasteiger partial charge in [-0.25, -0.2) is 0 Å². The van der Waals surface area contributed by atoms with Crippen LogP contribution in [-0.4, -0.2) is 18.0 Å². The van der Waals surface area contributed by atoms with Crippen LogP contribution >= 0.6 is 0 Å². The average Bonchev–Trinajstić information content (AvgIpc) is 1.90. The van der Waals surface area contributed by atoms with Crippen molar-refractivity contribution >= 4 is 0 Å². The summed E-state index contributed by atoms with van der Waals surface area (Å²) < 4.78 is 0. The Balaban J connectivity index is 3.58. The first-order chi connectivity index (χ1) is 4.85.